The predicted octanol–water partition coefficient (Wildman–Crippen LogP) is 3.24. The summed E-state index contributed by atoms with van der Waals surface area (Å²) >= 11 is 0. The first-order chi connectivity index (χ1) is 11.2. The standard InChI is InChI=1S/C16H13FN2O4/c1-2-21-16(20)13-9-22-15(18-13)8-12-7-14(23-19-12)10-3-5-11(17)6-4-10/h3-7,9H,2,8H2,1H3. The summed E-state index contributed by atoms with van der Waals surface area (Å²) in [5.74, 6) is -0.0152. The Labute approximate surface area is 130 Å². The first kappa shape index (κ1) is 15.0. The molecule has 0 radical (unpaired) electrons. The van der Waals surface area contributed by atoms with Crippen molar-refractivity contribution in [2.45, 2.75) is 13.3 Å². The van der Waals surface area contributed by atoms with Crippen LogP contribution in [0.5, 0.6) is 0 Å². The Morgan fingerprint density at radius 2 is 2.09 bits per heavy atom. The molecule has 0 spiro atoms. The number of rotatable bonds is 5. The fourth-order valence-corrected chi connectivity index (χ4v) is 1.99. The number of hydrogen-bond donors (Lipinski definition) is 0. The fraction of sp³-hybridized carbons (Fsp3) is 0.188. The molecule has 0 saturated carbocycles. The minimum atomic E-state index is -0.533. The molecule has 0 unspecified atom stereocenters. The Morgan fingerprint density at radius 1 is 1.30 bits per heavy atom. The number of oxazole rings is 1. The second kappa shape index (κ2) is 6.43. The molecule has 0 aliphatic heterocycles. The Balaban J connectivity index is 1.72. The van der Waals surface area contributed by atoms with E-state index in [0.717, 1.165) is 0 Å². The van der Waals surface area contributed by atoms with Gasteiger partial charge in [0.2, 0.25) is 5.89 Å². The summed E-state index contributed by atoms with van der Waals surface area (Å²) in [7, 11) is 0. The van der Waals surface area contributed by atoms with Gasteiger partial charge >= 0.3 is 5.97 Å². The Morgan fingerprint density at radius 3 is 2.83 bits per heavy atom. The highest BCUT2D eigenvalue weighted by Gasteiger charge is 2.15. The van der Waals surface area contributed by atoms with E-state index in [1.54, 1.807) is 25.1 Å². The summed E-state index contributed by atoms with van der Waals surface area (Å²) in [6.45, 7) is 1.98. The van der Waals surface area contributed by atoms with Crippen molar-refractivity contribution in [3.05, 3.63) is 59.7 Å². The highest BCUT2D eigenvalue weighted by atomic mass is 19.1. The highest BCUT2D eigenvalue weighted by molar-refractivity contribution is 5.86. The number of nitrogens with zero attached hydrogens (tertiary/aromatic N) is 2. The van der Waals surface area contributed by atoms with Crippen molar-refractivity contribution in [1.29, 1.82) is 0 Å². The summed E-state index contributed by atoms with van der Waals surface area (Å²) in [5, 5.41) is 3.92. The Kier molecular flexibility index (Phi) is 4.18. The molecule has 118 valence electrons. The zero-order valence-corrected chi connectivity index (χ0v) is 12.3. The molecule has 1 aromatic carbocycles. The van der Waals surface area contributed by atoms with Gasteiger partial charge in [0, 0.05) is 11.6 Å². The fourth-order valence-electron chi connectivity index (χ4n) is 1.99. The minimum Gasteiger partial charge on any atom is -0.461 e. The molecule has 0 saturated heterocycles. The number of ether oxygens (including phenoxy) is 1. The van der Waals surface area contributed by atoms with Crippen LogP contribution in [0.4, 0.5) is 4.39 Å². The Hall–Kier alpha value is -2.96. The monoisotopic (exact) mass is 316 g/mol. The number of carbonyl (C=O) groups is 1. The molecule has 0 bridgehead atoms. The molecule has 2 aromatic heterocycles. The lowest BCUT2D eigenvalue weighted by Gasteiger charge is -1.94. The molecule has 7 heteroatoms. The SMILES string of the molecule is CCOC(=O)c1coc(Cc2cc(-c3ccc(F)cc3)on2)n1. The molecule has 3 aromatic rings. The highest BCUT2D eigenvalue weighted by Crippen LogP contribution is 2.21. The van der Waals surface area contributed by atoms with Crippen molar-refractivity contribution in [3.63, 3.8) is 0 Å². The quantitative estimate of drug-likeness (QED) is 0.672. The van der Waals surface area contributed by atoms with Gasteiger partial charge in [0.25, 0.3) is 0 Å². The van der Waals surface area contributed by atoms with Crippen LogP contribution in [0.15, 0.2) is 45.5 Å². The zero-order chi connectivity index (χ0) is 16.2. The van der Waals surface area contributed by atoms with Gasteiger partial charge in [-0.2, -0.15) is 0 Å². The number of carbonyl (C=O) groups excluding carboxylic acids is 1. The van der Waals surface area contributed by atoms with Gasteiger partial charge in [-0.3, -0.25) is 0 Å². The lowest BCUT2D eigenvalue weighted by Crippen LogP contribution is -2.05. The molecule has 0 N–H and O–H groups in total. The normalized spacial score (nSPS) is 10.7. The molecule has 3 rings (SSSR count). The van der Waals surface area contributed by atoms with E-state index in [9.17, 15) is 9.18 Å². The molecular weight excluding hydrogens is 303 g/mol. The predicted molar refractivity (Wildman–Crippen MR) is 77.2 cm³/mol. The van der Waals surface area contributed by atoms with Gasteiger partial charge in [0.15, 0.2) is 11.5 Å². The lowest BCUT2D eigenvalue weighted by molar-refractivity contribution is 0.0519. The van der Waals surface area contributed by atoms with Gasteiger partial charge in [-0.25, -0.2) is 14.2 Å². The smallest absolute Gasteiger partial charge is 0.360 e. The van der Waals surface area contributed by atoms with Crippen LogP contribution in [0, 0.1) is 5.82 Å². The largest absolute Gasteiger partial charge is 0.461 e. The molecular formula is C16H13FN2O4. The van der Waals surface area contributed by atoms with E-state index in [0.29, 0.717) is 22.9 Å². The number of benzene rings is 1. The third-order valence-corrected chi connectivity index (χ3v) is 3.06. The van der Waals surface area contributed by atoms with Gasteiger partial charge in [-0.05, 0) is 31.2 Å². The topological polar surface area (TPSA) is 78.4 Å². The van der Waals surface area contributed by atoms with Crippen molar-refractivity contribution < 1.29 is 22.9 Å². The van der Waals surface area contributed by atoms with Gasteiger partial charge in [-0.15, -0.1) is 0 Å². The van der Waals surface area contributed by atoms with Gasteiger partial charge in [0.1, 0.15) is 12.1 Å². The summed E-state index contributed by atoms with van der Waals surface area (Å²) in [6.07, 6.45) is 1.51. The van der Waals surface area contributed by atoms with E-state index < -0.39 is 5.97 Å². The average Bonchev–Trinajstić information content (AvgIpc) is 3.18. The minimum absolute atomic E-state index is 0.115. The molecule has 0 fully saturated rings. The lowest BCUT2D eigenvalue weighted by atomic mass is 10.1. The second-order valence-corrected chi connectivity index (χ2v) is 4.71. The van der Waals surface area contributed by atoms with Crippen LogP contribution in [0.25, 0.3) is 11.3 Å². The van der Waals surface area contributed by atoms with Crippen LogP contribution in [0.2, 0.25) is 0 Å². The summed E-state index contributed by atoms with van der Waals surface area (Å²) in [4.78, 5) is 15.6. The maximum absolute atomic E-state index is 12.9. The number of hydrogen-bond acceptors (Lipinski definition) is 6. The number of esters is 1. The van der Waals surface area contributed by atoms with Crippen molar-refractivity contribution >= 4 is 5.97 Å². The van der Waals surface area contributed by atoms with E-state index in [1.807, 2.05) is 0 Å². The summed E-state index contributed by atoms with van der Waals surface area (Å²) in [5.41, 5.74) is 1.41. The molecule has 0 aliphatic carbocycles. The second-order valence-electron chi connectivity index (χ2n) is 4.71. The molecule has 0 amide bonds. The molecule has 0 aliphatic rings. The Bertz CT molecular complexity index is 808. The van der Waals surface area contributed by atoms with Crippen LogP contribution >= 0.6 is 0 Å². The van der Waals surface area contributed by atoms with Gasteiger partial charge in [-0.1, -0.05) is 5.16 Å². The third-order valence-electron chi connectivity index (χ3n) is 3.06. The summed E-state index contributed by atoms with van der Waals surface area (Å²) < 4.78 is 28.2. The van der Waals surface area contributed by atoms with Crippen LogP contribution in [-0.2, 0) is 11.2 Å². The van der Waals surface area contributed by atoms with E-state index in [-0.39, 0.29) is 24.5 Å². The molecule has 0 atom stereocenters. The van der Waals surface area contributed by atoms with E-state index >= 15 is 0 Å². The van der Waals surface area contributed by atoms with Crippen LogP contribution < -0.4 is 0 Å². The molecule has 6 nitrogen and oxygen atoms in total. The van der Waals surface area contributed by atoms with Crippen LogP contribution in [0.3, 0.4) is 0 Å². The molecule has 23 heavy (non-hydrogen) atoms. The number of aromatic nitrogens is 2. The van der Waals surface area contributed by atoms with E-state index in [2.05, 4.69) is 10.1 Å². The maximum atomic E-state index is 12.9. The van der Waals surface area contributed by atoms with Crippen molar-refractivity contribution in [3.8, 4) is 11.3 Å². The molecule has 2 heterocycles. The average molecular weight is 316 g/mol. The van der Waals surface area contributed by atoms with E-state index in [4.69, 9.17) is 13.7 Å². The summed E-state index contributed by atoms with van der Waals surface area (Å²) in [6, 6.07) is 7.60. The number of halogens is 1. The van der Waals surface area contributed by atoms with Crippen molar-refractivity contribution in [1.82, 2.24) is 10.1 Å². The maximum Gasteiger partial charge on any atom is 0.360 e. The first-order valence-corrected chi connectivity index (χ1v) is 6.98. The first-order valence-electron chi connectivity index (χ1n) is 6.98. The third kappa shape index (κ3) is 3.45. The van der Waals surface area contributed by atoms with Gasteiger partial charge in [0.05, 0.1) is 18.7 Å². The van der Waals surface area contributed by atoms with E-state index in [1.165, 1.54) is 18.4 Å². The van der Waals surface area contributed by atoms with Crippen molar-refractivity contribution in [2.24, 2.45) is 0 Å². The van der Waals surface area contributed by atoms with Crippen LogP contribution in [-0.4, -0.2) is 22.7 Å². The zero-order valence-electron chi connectivity index (χ0n) is 12.3. The van der Waals surface area contributed by atoms with Crippen LogP contribution in [0.1, 0.15) is 29.0 Å². The van der Waals surface area contributed by atoms with Gasteiger partial charge < -0.3 is 13.7 Å². The van der Waals surface area contributed by atoms with Crippen molar-refractivity contribution in [2.75, 3.05) is 6.61 Å².